The molecule has 1 aliphatic rings. The number of hydrogen-bond acceptors (Lipinski definition) is 5. The minimum absolute atomic E-state index is 0.276. The van der Waals surface area contributed by atoms with Crippen molar-refractivity contribution in [1.29, 1.82) is 0 Å². The van der Waals surface area contributed by atoms with Crippen molar-refractivity contribution in [2.75, 3.05) is 6.61 Å². The predicted octanol–water partition coefficient (Wildman–Crippen LogP) is 0.889. The molecule has 1 aromatic rings. The van der Waals surface area contributed by atoms with Crippen LogP contribution in [0.4, 0.5) is 0 Å². The molecule has 72 valence electrons. The second-order valence-electron chi connectivity index (χ2n) is 3.21. The first-order chi connectivity index (χ1) is 6.31. The van der Waals surface area contributed by atoms with Crippen LogP contribution in [0.5, 0.6) is 0 Å². The Bertz CT molecular complexity index is 289. The van der Waals surface area contributed by atoms with Crippen molar-refractivity contribution in [2.24, 2.45) is 5.73 Å². The van der Waals surface area contributed by atoms with Crippen LogP contribution in [0.2, 0.25) is 0 Å². The quantitative estimate of drug-likeness (QED) is 0.768. The zero-order valence-electron chi connectivity index (χ0n) is 7.56. The molecule has 1 saturated heterocycles. The van der Waals surface area contributed by atoms with Crippen molar-refractivity contribution < 1.29 is 4.74 Å². The van der Waals surface area contributed by atoms with Crippen LogP contribution in [0.3, 0.4) is 0 Å². The second kappa shape index (κ2) is 3.69. The van der Waals surface area contributed by atoms with Gasteiger partial charge in [0, 0.05) is 19.1 Å². The number of rotatable bonds is 2. The maximum Gasteiger partial charge on any atom is 0.131 e. The predicted molar refractivity (Wildman–Crippen MR) is 50.6 cm³/mol. The summed E-state index contributed by atoms with van der Waals surface area (Å²) in [4.78, 5) is 0. The standard InChI is InChI=1S/C8H13N3OS/c1-5-6(2-3-12-5)8-11-10-7(4-9)13-8/h5-6H,2-4,9H2,1H3. The fraction of sp³-hybridized carbons (Fsp3) is 0.750. The van der Waals surface area contributed by atoms with Crippen molar-refractivity contribution >= 4 is 11.3 Å². The van der Waals surface area contributed by atoms with Gasteiger partial charge in [-0.3, -0.25) is 0 Å². The van der Waals surface area contributed by atoms with Gasteiger partial charge in [0.2, 0.25) is 0 Å². The largest absolute Gasteiger partial charge is 0.378 e. The Kier molecular flexibility index (Phi) is 2.57. The van der Waals surface area contributed by atoms with E-state index in [4.69, 9.17) is 10.5 Å². The van der Waals surface area contributed by atoms with Gasteiger partial charge in [0.1, 0.15) is 10.0 Å². The normalized spacial score (nSPS) is 28.2. The monoisotopic (exact) mass is 199 g/mol. The summed E-state index contributed by atoms with van der Waals surface area (Å²) >= 11 is 1.61. The lowest BCUT2D eigenvalue weighted by atomic mass is 10.0. The summed E-state index contributed by atoms with van der Waals surface area (Å²) < 4.78 is 5.47. The Balaban J connectivity index is 2.15. The molecule has 0 amide bonds. The summed E-state index contributed by atoms with van der Waals surface area (Å²) in [6.45, 7) is 3.41. The molecular formula is C8H13N3OS. The molecule has 0 radical (unpaired) electrons. The average Bonchev–Trinajstić information content (AvgIpc) is 2.71. The van der Waals surface area contributed by atoms with Crippen LogP contribution in [-0.2, 0) is 11.3 Å². The highest BCUT2D eigenvalue weighted by atomic mass is 32.1. The highest BCUT2D eigenvalue weighted by molar-refractivity contribution is 7.11. The van der Waals surface area contributed by atoms with Gasteiger partial charge in [-0.15, -0.1) is 10.2 Å². The van der Waals surface area contributed by atoms with E-state index >= 15 is 0 Å². The second-order valence-corrected chi connectivity index (χ2v) is 4.30. The molecule has 1 fully saturated rings. The highest BCUT2D eigenvalue weighted by Gasteiger charge is 2.28. The van der Waals surface area contributed by atoms with Crippen LogP contribution in [0.15, 0.2) is 0 Å². The fourth-order valence-electron chi connectivity index (χ4n) is 1.55. The first-order valence-corrected chi connectivity index (χ1v) is 5.27. The van der Waals surface area contributed by atoms with Crippen LogP contribution in [-0.4, -0.2) is 22.9 Å². The Hall–Kier alpha value is -0.520. The molecule has 0 aromatic carbocycles. The Morgan fingerprint density at radius 2 is 2.46 bits per heavy atom. The molecular weight excluding hydrogens is 186 g/mol. The lowest BCUT2D eigenvalue weighted by Crippen LogP contribution is -2.08. The van der Waals surface area contributed by atoms with Gasteiger partial charge >= 0.3 is 0 Å². The van der Waals surface area contributed by atoms with Crippen molar-refractivity contribution in [1.82, 2.24) is 10.2 Å². The summed E-state index contributed by atoms with van der Waals surface area (Å²) in [5, 5.41) is 10.1. The first kappa shape index (κ1) is 9.05. The third-order valence-corrected chi connectivity index (χ3v) is 3.43. The lowest BCUT2D eigenvalue weighted by Gasteiger charge is -2.08. The molecule has 1 aromatic heterocycles. The topological polar surface area (TPSA) is 61.0 Å². The molecule has 0 saturated carbocycles. The van der Waals surface area contributed by atoms with Gasteiger partial charge in [-0.05, 0) is 13.3 Å². The highest BCUT2D eigenvalue weighted by Crippen LogP contribution is 2.32. The summed E-state index contributed by atoms with van der Waals surface area (Å²) in [5.74, 6) is 0.429. The van der Waals surface area contributed by atoms with Crippen LogP contribution < -0.4 is 5.73 Å². The van der Waals surface area contributed by atoms with E-state index in [0.717, 1.165) is 23.0 Å². The van der Waals surface area contributed by atoms with Gasteiger partial charge in [-0.2, -0.15) is 0 Å². The molecule has 0 aliphatic carbocycles. The van der Waals surface area contributed by atoms with Crippen LogP contribution >= 0.6 is 11.3 Å². The van der Waals surface area contributed by atoms with Gasteiger partial charge in [0.25, 0.3) is 0 Å². The van der Waals surface area contributed by atoms with Crippen LogP contribution in [0, 0.1) is 0 Å². The van der Waals surface area contributed by atoms with Crippen LogP contribution in [0.25, 0.3) is 0 Å². The number of nitrogens with two attached hydrogens (primary N) is 1. The smallest absolute Gasteiger partial charge is 0.131 e. The first-order valence-electron chi connectivity index (χ1n) is 4.45. The Morgan fingerprint density at radius 3 is 3.00 bits per heavy atom. The molecule has 4 nitrogen and oxygen atoms in total. The zero-order valence-corrected chi connectivity index (χ0v) is 8.38. The molecule has 0 bridgehead atoms. The van der Waals surface area contributed by atoms with Crippen molar-refractivity contribution in [3.8, 4) is 0 Å². The molecule has 2 rings (SSSR count). The van der Waals surface area contributed by atoms with Crippen LogP contribution in [0.1, 0.15) is 29.3 Å². The van der Waals surface area contributed by atoms with Gasteiger partial charge < -0.3 is 10.5 Å². The molecule has 2 heterocycles. The van der Waals surface area contributed by atoms with E-state index in [1.165, 1.54) is 0 Å². The number of ether oxygens (including phenoxy) is 1. The number of hydrogen-bond donors (Lipinski definition) is 1. The SMILES string of the molecule is CC1OCCC1c1nnc(CN)s1. The average molecular weight is 199 g/mol. The van der Waals surface area contributed by atoms with E-state index in [2.05, 4.69) is 17.1 Å². The van der Waals surface area contributed by atoms with Gasteiger partial charge in [-0.1, -0.05) is 11.3 Å². The molecule has 2 unspecified atom stereocenters. The molecule has 2 atom stereocenters. The van der Waals surface area contributed by atoms with E-state index in [0.29, 0.717) is 12.5 Å². The molecule has 1 aliphatic heterocycles. The van der Waals surface area contributed by atoms with E-state index in [1.54, 1.807) is 11.3 Å². The number of nitrogens with zero attached hydrogens (tertiary/aromatic N) is 2. The molecule has 2 N–H and O–H groups in total. The summed E-state index contributed by atoms with van der Waals surface area (Å²) in [6, 6.07) is 0. The zero-order chi connectivity index (χ0) is 9.26. The summed E-state index contributed by atoms with van der Waals surface area (Å²) in [5.41, 5.74) is 5.47. The van der Waals surface area contributed by atoms with E-state index in [-0.39, 0.29) is 6.10 Å². The third-order valence-electron chi connectivity index (χ3n) is 2.35. The number of aromatic nitrogens is 2. The third kappa shape index (κ3) is 1.72. The maximum absolute atomic E-state index is 5.47. The molecule has 0 spiro atoms. The van der Waals surface area contributed by atoms with Gasteiger partial charge in [-0.25, -0.2) is 0 Å². The Labute approximate surface area is 81.1 Å². The van der Waals surface area contributed by atoms with Gasteiger partial charge in [0.05, 0.1) is 6.10 Å². The molecule has 5 heteroatoms. The van der Waals surface area contributed by atoms with Crippen molar-refractivity contribution in [3.63, 3.8) is 0 Å². The summed E-state index contributed by atoms with van der Waals surface area (Å²) in [7, 11) is 0. The molecule has 13 heavy (non-hydrogen) atoms. The maximum atomic E-state index is 5.47. The van der Waals surface area contributed by atoms with Gasteiger partial charge in [0.15, 0.2) is 0 Å². The summed E-state index contributed by atoms with van der Waals surface area (Å²) in [6.07, 6.45) is 1.33. The lowest BCUT2D eigenvalue weighted by molar-refractivity contribution is 0.118. The van der Waals surface area contributed by atoms with E-state index < -0.39 is 0 Å². The minimum atomic E-state index is 0.276. The van der Waals surface area contributed by atoms with E-state index in [1.807, 2.05) is 0 Å². The van der Waals surface area contributed by atoms with E-state index in [9.17, 15) is 0 Å². The Morgan fingerprint density at radius 1 is 1.62 bits per heavy atom. The van der Waals surface area contributed by atoms with Crippen molar-refractivity contribution in [2.45, 2.75) is 31.9 Å². The minimum Gasteiger partial charge on any atom is -0.378 e. The van der Waals surface area contributed by atoms with Crippen molar-refractivity contribution in [3.05, 3.63) is 10.0 Å². The fourth-order valence-corrected chi connectivity index (χ4v) is 2.50.